The molecule has 2 unspecified atom stereocenters. The van der Waals surface area contributed by atoms with Crippen LogP contribution in [0.15, 0.2) is 48.5 Å². The van der Waals surface area contributed by atoms with Gasteiger partial charge in [0.05, 0.1) is 30.6 Å². The lowest BCUT2D eigenvalue weighted by atomic mass is 9.70. The highest BCUT2D eigenvalue weighted by molar-refractivity contribution is 6.50. The number of nitrogens with zero attached hydrogens (tertiary/aromatic N) is 1. The molecule has 1 aliphatic rings. The number of carboxylic acids is 2. The number of carbonyl (C=O) groups is 5. The van der Waals surface area contributed by atoms with Gasteiger partial charge in [-0.25, -0.2) is 9.78 Å². The number of aromatic nitrogens is 1. The molecule has 1 aromatic heterocycles. The predicted molar refractivity (Wildman–Crippen MR) is 144 cm³/mol. The maximum atomic E-state index is 13.3. The molecule has 2 heterocycles. The van der Waals surface area contributed by atoms with Crippen LogP contribution in [0.5, 0.6) is 0 Å². The smallest absolute Gasteiger partial charge is 0.508 e. The average molecular weight is 569 g/mol. The molecule has 0 radical (unpaired) electrons. The summed E-state index contributed by atoms with van der Waals surface area (Å²) < 4.78 is 10.7. The van der Waals surface area contributed by atoms with E-state index < -0.39 is 73.4 Å². The molecule has 1 aliphatic heterocycles. The summed E-state index contributed by atoms with van der Waals surface area (Å²) in [6.45, 7) is 4.85. The van der Waals surface area contributed by atoms with E-state index in [9.17, 15) is 39.3 Å². The van der Waals surface area contributed by atoms with Crippen LogP contribution < -0.4 is 10.6 Å². The Morgan fingerprint density at radius 2 is 1.71 bits per heavy atom. The van der Waals surface area contributed by atoms with Gasteiger partial charge >= 0.3 is 19.1 Å². The monoisotopic (exact) mass is 569 g/mol. The maximum Gasteiger partial charge on any atom is 0.552 e. The Bertz CT molecular complexity index is 1290. The quantitative estimate of drug-likeness (QED) is 0.229. The Morgan fingerprint density at radius 1 is 1.02 bits per heavy atom. The normalized spacial score (nSPS) is 19.0. The lowest BCUT2D eigenvalue weighted by Crippen LogP contribution is -2.63. The van der Waals surface area contributed by atoms with Gasteiger partial charge in [0.25, 0.3) is 11.9 Å². The molecule has 2 amide bonds. The molecule has 0 saturated carbocycles. The molecule has 1 aromatic carbocycles. The van der Waals surface area contributed by atoms with E-state index in [1.54, 1.807) is 26.0 Å². The fourth-order valence-electron chi connectivity index (χ4n) is 4.38. The van der Waals surface area contributed by atoms with Gasteiger partial charge in [0.15, 0.2) is 5.60 Å². The molecule has 1 fully saturated rings. The Morgan fingerprint density at radius 3 is 2.29 bits per heavy atom. The number of pyridine rings is 1. The summed E-state index contributed by atoms with van der Waals surface area (Å²) in [7, 11) is -1.65. The average Bonchev–Trinajstić information content (AvgIpc) is 2.90. The second kappa shape index (κ2) is 13.4. The third-order valence-corrected chi connectivity index (χ3v) is 6.33. The largest absolute Gasteiger partial charge is 0.552 e. The van der Waals surface area contributed by atoms with E-state index in [2.05, 4.69) is 15.6 Å². The van der Waals surface area contributed by atoms with E-state index in [4.69, 9.17) is 9.31 Å². The number of carboxylic acid groups (broad SMARTS) is 2. The van der Waals surface area contributed by atoms with Crippen molar-refractivity contribution in [1.29, 1.82) is 0 Å². The van der Waals surface area contributed by atoms with Crippen LogP contribution in [0.3, 0.4) is 0 Å². The molecule has 218 valence electrons. The van der Waals surface area contributed by atoms with E-state index in [0.29, 0.717) is 5.69 Å². The number of nitrogens with one attached hydrogen (secondary N) is 2. The SMILES string of the molecule is CC(C)C[C@H](NC(=O)C(NC(=O)c1cccc(-c2ccccc2)n1)[C@@H](C)O)B1OC(=O)CC(CC(=O)O)(C(=O)O)O1. The molecule has 0 bridgehead atoms. The van der Waals surface area contributed by atoms with Crippen LogP contribution in [0.25, 0.3) is 11.3 Å². The van der Waals surface area contributed by atoms with E-state index >= 15 is 0 Å². The van der Waals surface area contributed by atoms with Gasteiger partial charge in [-0.1, -0.05) is 50.2 Å². The number of hydrogen-bond acceptors (Lipinski definition) is 9. The van der Waals surface area contributed by atoms with Crippen LogP contribution in [0, 0.1) is 5.92 Å². The van der Waals surface area contributed by atoms with Gasteiger partial charge in [-0.05, 0) is 31.4 Å². The minimum absolute atomic E-state index is 0.00649. The van der Waals surface area contributed by atoms with Crippen molar-refractivity contribution in [2.75, 3.05) is 0 Å². The number of rotatable bonds is 12. The molecule has 3 rings (SSSR count). The first-order valence-corrected chi connectivity index (χ1v) is 13.0. The highest BCUT2D eigenvalue weighted by Crippen LogP contribution is 2.30. The molecule has 1 saturated heterocycles. The molecule has 41 heavy (non-hydrogen) atoms. The number of amides is 2. The number of aliphatic carboxylic acids is 2. The molecule has 4 atom stereocenters. The van der Waals surface area contributed by atoms with Crippen molar-refractivity contribution < 1.29 is 48.6 Å². The second-order valence-electron chi connectivity index (χ2n) is 10.2. The highest BCUT2D eigenvalue weighted by Gasteiger charge is 2.55. The number of hydrogen-bond donors (Lipinski definition) is 5. The fraction of sp³-hybridized carbons (Fsp3) is 0.407. The predicted octanol–water partition coefficient (Wildman–Crippen LogP) is 1.05. The first-order valence-electron chi connectivity index (χ1n) is 13.0. The summed E-state index contributed by atoms with van der Waals surface area (Å²) >= 11 is 0. The molecule has 2 aromatic rings. The molecule has 0 spiro atoms. The Hall–Kier alpha value is -4.30. The van der Waals surface area contributed by atoms with E-state index in [1.807, 2.05) is 30.3 Å². The summed E-state index contributed by atoms with van der Waals surface area (Å²) in [4.78, 5) is 66.4. The Kier molecular flexibility index (Phi) is 10.2. The van der Waals surface area contributed by atoms with Gasteiger partial charge in [-0.15, -0.1) is 0 Å². The minimum atomic E-state index is -2.40. The van der Waals surface area contributed by atoms with E-state index in [0.717, 1.165) is 5.56 Å². The van der Waals surface area contributed by atoms with Crippen LogP contribution >= 0.6 is 0 Å². The van der Waals surface area contributed by atoms with Crippen LogP contribution in [-0.4, -0.2) is 80.8 Å². The Labute approximate surface area is 236 Å². The summed E-state index contributed by atoms with van der Waals surface area (Å²) in [5.74, 6) is -7.08. The summed E-state index contributed by atoms with van der Waals surface area (Å²) in [6, 6.07) is 12.4. The van der Waals surface area contributed by atoms with Crippen molar-refractivity contribution in [3.8, 4) is 11.3 Å². The fourth-order valence-corrected chi connectivity index (χ4v) is 4.38. The van der Waals surface area contributed by atoms with Gasteiger partial charge in [-0.2, -0.15) is 0 Å². The molecule has 13 nitrogen and oxygen atoms in total. The molecular weight excluding hydrogens is 537 g/mol. The zero-order valence-corrected chi connectivity index (χ0v) is 22.8. The molecule has 5 N–H and O–H groups in total. The first-order chi connectivity index (χ1) is 19.3. The van der Waals surface area contributed by atoms with Crippen molar-refractivity contribution >= 4 is 36.8 Å². The van der Waals surface area contributed by atoms with E-state index in [-0.39, 0.29) is 18.0 Å². The van der Waals surface area contributed by atoms with E-state index in [1.165, 1.54) is 13.0 Å². The second-order valence-corrected chi connectivity index (χ2v) is 10.2. The van der Waals surface area contributed by atoms with Crippen molar-refractivity contribution in [3.63, 3.8) is 0 Å². The molecule has 0 aliphatic carbocycles. The lowest BCUT2D eigenvalue weighted by Gasteiger charge is -2.38. The Balaban J connectivity index is 1.81. The van der Waals surface area contributed by atoms with Gasteiger partial charge in [0, 0.05) is 5.56 Å². The highest BCUT2D eigenvalue weighted by atomic mass is 16.6. The third-order valence-electron chi connectivity index (χ3n) is 6.33. The van der Waals surface area contributed by atoms with Crippen LogP contribution in [0.4, 0.5) is 0 Å². The summed E-state index contributed by atoms with van der Waals surface area (Å²) in [6.07, 6.45) is -3.11. The number of carbonyl (C=O) groups excluding carboxylic acids is 3. The van der Waals surface area contributed by atoms with Gasteiger partial charge in [0.1, 0.15) is 11.7 Å². The number of benzene rings is 1. The summed E-state index contributed by atoms with van der Waals surface area (Å²) in [5, 5.41) is 34.3. The van der Waals surface area contributed by atoms with Crippen molar-refractivity contribution in [3.05, 3.63) is 54.2 Å². The zero-order chi connectivity index (χ0) is 30.3. The lowest BCUT2D eigenvalue weighted by molar-refractivity contribution is -0.175. The van der Waals surface area contributed by atoms with Crippen molar-refractivity contribution in [2.24, 2.45) is 5.92 Å². The number of aliphatic hydroxyl groups is 1. The number of aliphatic hydroxyl groups excluding tert-OH is 1. The van der Waals surface area contributed by atoms with Gasteiger partial charge in [-0.3, -0.25) is 19.2 Å². The third kappa shape index (κ3) is 8.11. The van der Waals surface area contributed by atoms with Crippen LogP contribution in [-0.2, 0) is 28.5 Å². The topological polar surface area (TPSA) is 201 Å². The van der Waals surface area contributed by atoms with Crippen LogP contribution in [0.1, 0.15) is 50.5 Å². The molecular formula is C27H32BN3O10. The van der Waals surface area contributed by atoms with Crippen molar-refractivity contribution in [1.82, 2.24) is 15.6 Å². The standard InChI is InChI=1S/C27H32BN3O10/c1-15(2)12-20(28-40-22(35)14-27(41-28,26(38)39)13-21(33)34)30-25(37)23(16(3)32)31-24(36)19-11-7-10-18(29-19)17-8-5-4-6-9-17/h4-11,15-16,20,23,32H,12-14H2,1-3H3,(H,30,37)(H,31,36)(H,33,34)(H,38,39)/t16-,20+,23?,27?/m1/s1. The first kappa shape index (κ1) is 31.2. The molecule has 14 heteroatoms. The minimum Gasteiger partial charge on any atom is -0.508 e. The van der Waals surface area contributed by atoms with Crippen molar-refractivity contribution in [2.45, 2.75) is 63.7 Å². The summed E-state index contributed by atoms with van der Waals surface area (Å²) in [5.41, 5.74) is -1.12. The van der Waals surface area contributed by atoms with Gasteiger partial charge in [0.2, 0.25) is 5.91 Å². The van der Waals surface area contributed by atoms with Gasteiger partial charge < -0.3 is 35.3 Å². The zero-order valence-electron chi connectivity index (χ0n) is 22.8. The van der Waals surface area contributed by atoms with Crippen LogP contribution in [0.2, 0.25) is 0 Å². The maximum absolute atomic E-state index is 13.3.